The molecule has 2 aromatic rings. The van der Waals surface area contributed by atoms with Crippen LogP contribution >= 0.6 is 0 Å². The van der Waals surface area contributed by atoms with E-state index in [2.05, 4.69) is 0 Å². The third kappa shape index (κ3) is 7.55. The fourth-order valence-corrected chi connectivity index (χ4v) is 4.73. The first-order valence-electron chi connectivity index (χ1n) is 13.6. The molecule has 1 saturated heterocycles. The molecule has 9 heteroatoms. The van der Waals surface area contributed by atoms with Crippen molar-refractivity contribution in [3.05, 3.63) is 77.4 Å². The van der Waals surface area contributed by atoms with Crippen molar-refractivity contribution in [3.63, 3.8) is 0 Å². The van der Waals surface area contributed by atoms with E-state index in [9.17, 15) is 9.59 Å². The fourth-order valence-electron chi connectivity index (χ4n) is 4.73. The van der Waals surface area contributed by atoms with Gasteiger partial charge in [0.2, 0.25) is 0 Å². The van der Waals surface area contributed by atoms with Crippen LogP contribution in [0.3, 0.4) is 0 Å². The smallest absolute Gasteiger partial charge is 0.342 e. The number of methoxy groups -OCH3 is 2. The zero-order valence-corrected chi connectivity index (χ0v) is 24.3. The van der Waals surface area contributed by atoms with Gasteiger partial charge in [-0.15, -0.1) is 0 Å². The monoisotopic (exact) mass is 566 g/mol. The van der Waals surface area contributed by atoms with Crippen LogP contribution in [-0.4, -0.2) is 63.2 Å². The lowest BCUT2D eigenvalue weighted by atomic mass is 9.98. The minimum atomic E-state index is -0.900. The molecule has 220 valence electrons. The SMILES string of the molecule is COCOc1cc(OC)cc2c1C(=O)O[C@@H](C)[C@H](C)/C=C\C(OC(=O)c1ccccc1)[C@H]1OC(C)(C)OC1C/C=C/2. The Hall–Kier alpha value is -3.66. The van der Waals surface area contributed by atoms with Crippen molar-refractivity contribution in [2.45, 2.75) is 64.3 Å². The number of rotatable bonds is 6. The molecule has 2 heterocycles. The summed E-state index contributed by atoms with van der Waals surface area (Å²) in [6.45, 7) is 7.32. The molecule has 2 aromatic carbocycles. The summed E-state index contributed by atoms with van der Waals surface area (Å²) < 4.78 is 40.7. The molecule has 0 bridgehead atoms. The van der Waals surface area contributed by atoms with Crippen molar-refractivity contribution in [1.29, 1.82) is 0 Å². The quantitative estimate of drug-likeness (QED) is 0.252. The Balaban J connectivity index is 1.74. The van der Waals surface area contributed by atoms with Gasteiger partial charge in [-0.25, -0.2) is 9.59 Å². The highest BCUT2D eigenvalue weighted by molar-refractivity contribution is 5.97. The predicted molar refractivity (Wildman–Crippen MR) is 152 cm³/mol. The van der Waals surface area contributed by atoms with Crippen LogP contribution in [0.4, 0.5) is 0 Å². The first-order chi connectivity index (χ1) is 19.6. The van der Waals surface area contributed by atoms with Crippen LogP contribution in [0.15, 0.2) is 60.7 Å². The molecule has 0 radical (unpaired) electrons. The van der Waals surface area contributed by atoms with Gasteiger partial charge in [0.15, 0.2) is 12.6 Å². The summed E-state index contributed by atoms with van der Waals surface area (Å²) in [5, 5.41) is 0. The molecule has 0 amide bonds. The molecular formula is C32H38O9. The van der Waals surface area contributed by atoms with Gasteiger partial charge in [0.25, 0.3) is 0 Å². The fraction of sp³-hybridized carbons (Fsp3) is 0.438. The van der Waals surface area contributed by atoms with Crippen LogP contribution < -0.4 is 9.47 Å². The Bertz CT molecular complexity index is 1270. The van der Waals surface area contributed by atoms with Gasteiger partial charge in [0.05, 0.1) is 18.8 Å². The zero-order chi connectivity index (χ0) is 29.6. The lowest BCUT2D eigenvalue weighted by Gasteiger charge is -2.25. The zero-order valence-electron chi connectivity index (χ0n) is 24.3. The molecular weight excluding hydrogens is 528 g/mol. The Morgan fingerprint density at radius 2 is 1.80 bits per heavy atom. The van der Waals surface area contributed by atoms with Crippen LogP contribution in [0.25, 0.3) is 6.08 Å². The Kier molecular flexibility index (Phi) is 9.86. The highest BCUT2D eigenvalue weighted by Crippen LogP contribution is 2.36. The van der Waals surface area contributed by atoms with Crippen molar-refractivity contribution in [3.8, 4) is 11.5 Å². The van der Waals surface area contributed by atoms with Gasteiger partial charge in [-0.2, -0.15) is 0 Å². The van der Waals surface area contributed by atoms with Gasteiger partial charge in [-0.05, 0) is 57.0 Å². The maximum atomic E-state index is 13.5. The maximum absolute atomic E-state index is 13.5. The normalized spacial score (nSPS) is 27.4. The molecule has 5 atom stereocenters. The van der Waals surface area contributed by atoms with Crippen LogP contribution in [0.2, 0.25) is 0 Å². The van der Waals surface area contributed by atoms with Crippen LogP contribution in [0, 0.1) is 5.92 Å². The van der Waals surface area contributed by atoms with Crippen LogP contribution in [0.5, 0.6) is 11.5 Å². The summed E-state index contributed by atoms with van der Waals surface area (Å²) in [5.41, 5.74) is 1.24. The lowest BCUT2D eigenvalue weighted by molar-refractivity contribution is -0.152. The van der Waals surface area contributed by atoms with Gasteiger partial charge >= 0.3 is 11.9 Å². The van der Waals surface area contributed by atoms with E-state index < -0.39 is 42.1 Å². The number of carbonyl (C=O) groups excluding carboxylic acids is 2. The van der Waals surface area contributed by atoms with E-state index in [4.69, 9.17) is 33.2 Å². The van der Waals surface area contributed by atoms with Crippen molar-refractivity contribution in [2.24, 2.45) is 5.92 Å². The average Bonchev–Trinajstić information content (AvgIpc) is 3.27. The molecule has 2 unspecified atom stereocenters. The number of benzene rings is 2. The number of cyclic esters (lactones) is 1. The molecule has 2 aliphatic rings. The molecule has 9 nitrogen and oxygen atoms in total. The van der Waals surface area contributed by atoms with E-state index >= 15 is 0 Å². The Morgan fingerprint density at radius 1 is 1.05 bits per heavy atom. The van der Waals surface area contributed by atoms with Crippen molar-refractivity contribution in [2.75, 3.05) is 21.0 Å². The maximum Gasteiger partial charge on any atom is 0.342 e. The number of ether oxygens (including phenoxy) is 7. The predicted octanol–water partition coefficient (Wildman–Crippen LogP) is 5.58. The number of carbonyl (C=O) groups is 2. The highest BCUT2D eigenvalue weighted by Gasteiger charge is 2.45. The second-order valence-corrected chi connectivity index (χ2v) is 10.5. The van der Waals surface area contributed by atoms with Crippen molar-refractivity contribution >= 4 is 18.0 Å². The second kappa shape index (κ2) is 13.3. The third-order valence-electron chi connectivity index (χ3n) is 6.98. The molecule has 4 rings (SSSR count). The molecule has 1 fully saturated rings. The molecule has 2 aliphatic heterocycles. The first kappa shape index (κ1) is 30.3. The van der Waals surface area contributed by atoms with Gasteiger partial charge < -0.3 is 33.2 Å². The third-order valence-corrected chi connectivity index (χ3v) is 6.98. The molecule has 0 aliphatic carbocycles. The summed E-state index contributed by atoms with van der Waals surface area (Å²) in [6.07, 6.45) is 5.44. The Labute approximate surface area is 241 Å². The van der Waals surface area contributed by atoms with Crippen molar-refractivity contribution < 1.29 is 42.7 Å². The topological polar surface area (TPSA) is 98.8 Å². The molecule has 0 saturated carbocycles. The molecule has 41 heavy (non-hydrogen) atoms. The molecule has 0 aromatic heterocycles. The van der Waals surface area contributed by atoms with Crippen LogP contribution in [0.1, 0.15) is 60.4 Å². The number of hydrogen-bond acceptors (Lipinski definition) is 9. The van der Waals surface area contributed by atoms with E-state index in [0.717, 1.165) is 0 Å². The first-order valence-corrected chi connectivity index (χ1v) is 13.6. The van der Waals surface area contributed by atoms with E-state index in [1.807, 2.05) is 39.0 Å². The molecule has 0 spiro atoms. The average molecular weight is 567 g/mol. The molecule has 0 N–H and O–H groups in total. The van der Waals surface area contributed by atoms with Gasteiger partial charge in [-0.1, -0.05) is 43.4 Å². The summed E-state index contributed by atoms with van der Waals surface area (Å²) in [7, 11) is 3.04. The Morgan fingerprint density at radius 3 is 2.51 bits per heavy atom. The van der Waals surface area contributed by atoms with E-state index in [1.54, 1.807) is 55.5 Å². The van der Waals surface area contributed by atoms with Gasteiger partial charge in [0, 0.05) is 19.1 Å². The largest absolute Gasteiger partial charge is 0.497 e. The lowest BCUT2D eigenvalue weighted by Crippen LogP contribution is -2.37. The van der Waals surface area contributed by atoms with Gasteiger partial charge in [0.1, 0.15) is 35.4 Å². The summed E-state index contributed by atoms with van der Waals surface area (Å²) >= 11 is 0. The van der Waals surface area contributed by atoms with Crippen molar-refractivity contribution in [1.82, 2.24) is 0 Å². The van der Waals surface area contributed by atoms with E-state index in [-0.39, 0.29) is 24.0 Å². The minimum Gasteiger partial charge on any atom is -0.497 e. The van der Waals surface area contributed by atoms with Gasteiger partial charge in [-0.3, -0.25) is 0 Å². The summed E-state index contributed by atoms with van der Waals surface area (Å²) in [5.74, 6) is -1.36. The number of esters is 2. The van der Waals surface area contributed by atoms with E-state index in [1.165, 1.54) is 14.2 Å². The second-order valence-electron chi connectivity index (χ2n) is 10.5. The van der Waals surface area contributed by atoms with E-state index in [0.29, 0.717) is 23.3 Å². The number of fused-ring (bicyclic) bond motifs is 2. The summed E-state index contributed by atoms with van der Waals surface area (Å²) in [6, 6.07) is 12.2. The summed E-state index contributed by atoms with van der Waals surface area (Å²) in [4.78, 5) is 26.6. The highest BCUT2D eigenvalue weighted by atomic mass is 16.8. The number of hydrogen-bond donors (Lipinski definition) is 0. The standard InChI is InChI=1S/C32H38O9/c1-20-15-16-25(39-30(33)22-11-8-7-9-12-22)29-26(40-32(3,4)41-29)14-10-13-23-17-24(36-6)18-27(37-19-35-5)28(23)31(34)38-21(20)2/h7-13,15-18,20-21,25-26,29H,14,19H2,1-6H3/b13-10+,16-15-/t20-,21+,25?,26?,29-/m1/s1. The minimum absolute atomic E-state index is 0.0571. The van der Waals surface area contributed by atoms with Crippen LogP contribution in [-0.2, 0) is 23.7 Å².